The molecule has 2 aromatic carbocycles. The van der Waals surface area contributed by atoms with E-state index < -0.39 is 16.2 Å². The maximum absolute atomic E-state index is 12.3. The van der Waals surface area contributed by atoms with Crippen molar-refractivity contribution in [2.75, 3.05) is 13.1 Å². The van der Waals surface area contributed by atoms with E-state index in [-0.39, 0.29) is 10.6 Å². The molecule has 2 rings (SSSR count). The molecule has 0 heterocycles. The van der Waals surface area contributed by atoms with E-state index in [1.807, 2.05) is 6.92 Å². The maximum Gasteiger partial charge on any atom is 0.339 e. The lowest BCUT2D eigenvalue weighted by Crippen LogP contribution is -2.21. The second kappa shape index (κ2) is 7.40. The molecule has 0 unspecified atom stereocenters. The third-order valence-electron chi connectivity index (χ3n) is 3.10. The molecule has 2 aromatic rings. The molecule has 5 nitrogen and oxygen atoms in total. The van der Waals surface area contributed by atoms with Gasteiger partial charge in [-0.3, -0.25) is 0 Å². The molecule has 0 saturated heterocycles. The van der Waals surface area contributed by atoms with Crippen LogP contribution in [0.15, 0.2) is 59.5 Å². The summed E-state index contributed by atoms with van der Waals surface area (Å²) >= 11 is 0. The van der Waals surface area contributed by atoms with Crippen molar-refractivity contribution in [3.8, 4) is 5.75 Å². The summed E-state index contributed by atoms with van der Waals surface area (Å²) in [5, 5.41) is 13.2. The number of hydrogen-bond acceptors (Lipinski definition) is 5. The Hall–Kier alpha value is -1.89. The van der Waals surface area contributed by atoms with E-state index in [2.05, 4.69) is 5.32 Å². The number of aliphatic hydroxyl groups is 1. The molecular weight excluding hydrogens is 302 g/mol. The summed E-state index contributed by atoms with van der Waals surface area (Å²) in [4.78, 5) is 0.0750. The van der Waals surface area contributed by atoms with Crippen molar-refractivity contribution in [2.24, 2.45) is 0 Å². The lowest BCUT2D eigenvalue weighted by molar-refractivity contribution is 0.173. The molecule has 0 aromatic heterocycles. The average Bonchev–Trinajstić information content (AvgIpc) is 2.53. The minimum atomic E-state index is -3.92. The standard InChI is InChI=1S/C16H19NO4S/c1-2-17-12-15(18)14-10-6-7-11-16(14)21-22(19,20)13-8-4-3-5-9-13/h3-11,15,17-18H,2,12H2,1H3/t15-/m0/s1. The molecule has 0 aliphatic carbocycles. The Morgan fingerprint density at radius 2 is 1.73 bits per heavy atom. The van der Waals surface area contributed by atoms with Crippen LogP contribution in [0.5, 0.6) is 5.75 Å². The Balaban J connectivity index is 2.27. The molecule has 0 aliphatic rings. The first-order valence-corrected chi connectivity index (χ1v) is 8.42. The van der Waals surface area contributed by atoms with E-state index in [1.165, 1.54) is 18.2 Å². The highest BCUT2D eigenvalue weighted by Gasteiger charge is 2.20. The topological polar surface area (TPSA) is 75.6 Å². The lowest BCUT2D eigenvalue weighted by Gasteiger charge is -2.16. The first-order chi connectivity index (χ1) is 10.5. The number of hydrogen-bond donors (Lipinski definition) is 2. The first kappa shape index (κ1) is 16.5. The third-order valence-corrected chi connectivity index (χ3v) is 4.35. The highest BCUT2D eigenvalue weighted by atomic mass is 32.2. The third kappa shape index (κ3) is 4.07. The number of likely N-dealkylation sites (N-methyl/N-ethyl adjacent to an activating group) is 1. The van der Waals surface area contributed by atoms with Crippen LogP contribution in [0.3, 0.4) is 0 Å². The normalized spacial score (nSPS) is 12.8. The van der Waals surface area contributed by atoms with Crippen molar-refractivity contribution in [3.05, 3.63) is 60.2 Å². The number of benzene rings is 2. The van der Waals surface area contributed by atoms with Gasteiger partial charge in [0, 0.05) is 12.1 Å². The Labute approximate surface area is 130 Å². The Kier molecular flexibility index (Phi) is 5.54. The van der Waals surface area contributed by atoms with Crippen molar-refractivity contribution >= 4 is 10.1 Å². The fourth-order valence-electron chi connectivity index (χ4n) is 1.98. The summed E-state index contributed by atoms with van der Waals surface area (Å²) in [6.07, 6.45) is -0.845. The van der Waals surface area contributed by atoms with Crippen molar-refractivity contribution < 1.29 is 17.7 Å². The second-order valence-electron chi connectivity index (χ2n) is 4.71. The van der Waals surface area contributed by atoms with Gasteiger partial charge in [0.05, 0.1) is 6.10 Å². The van der Waals surface area contributed by atoms with Crippen LogP contribution in [0.1, 0.15) is 18.6 Å². The van der Waals surface area contributed by atoms with Gasteiger partial charge in [-0.15, -0.1) is 0 Å². The monoisotopic (exact) mass is 321 g/mol. The molecule has 0 amide bonds. The van der Waals surface area contributed by atoms with Gasteiger partial charge in [0.2, 0.25) is 0 Å². The van der Waals surface area contributed by atoms with E-state index in [0.29, 0.717) is 18.7 Å². The number of nitrogens with one attached hydrogen (secondary N) is 1. The highest BCUT2D eigenvalue weighted by molar-refractivity contribution is 7.87. The summed E-state index contributed by atoms with van der Waals surface area (Å²) in [6.45, 7) is 2.96. The van der Waals surface area contributed by atoms with E-state index >= 15 is 0 Å². The van der Waals surface area contributed by atoms with Crippen molar-refractivity contribution in [3.63, 3.8) is 0 Å². The smallest absolute Gasteiger partial charge is 0.339 e. The molecule has 0 saturated carbocycles. The first-order valence-electron chi connectivity index (χ1n) is 7.02. The number of aliphatic hydroxyl groups excluding tert-OH is 1. The fraction of sp³-hybridized carbons (Fsp3) is 0.250. The summed E-state index contributed by atoms with van der Waals surface area (Å²) in [5.41, 5.74) is 0.433. The average molecular weight is 321 g/mol. The van der Waals surface area contributed by atoms with Gasteiger partial charge in [-0.2, -0.15) is 8.42 Å². The van der Waals surface area contributed by atoms with E-state index in [1.54, 1.807) is 36.4 Å². The van der Waals surface area contributed by atoms with E-state index in [9.17, 15) is 13.5 Å². The predicted octanol–water partition coefficient (Wildman–Crippen LogP) is 2.10. The number of rotatable bonds is 7. The second-order valence-corrected chi connectivity index (χ2v) is 6.26. The molecule has 0 aliphatic heterocycles. The summed E-state index contributed by atoms with van der Waals surface area (Å²) in [6, 6.07) is 14.5. The van der Waals surface area contributed by atoms with Gasteiger partial charge in [-0.05, 0) is 24.7 Å². The van der Waals surface area contributed by atoms with Crippen LogP contribution in [0.25, 0.3) is 0 Å². The minimum absolute atomic E-state index is 0.0750. The van der Waals surface area contributed by atoms with Gasteiger partial charge < -0.3 is 14.6 Å². The van der Waals surface area contributed by atoms with Gasteiger partial charge in [0.25, 0.3) is 0 Å². The SMILES string of the molecule is CCNC[C@H](O)c1ccccc1OS(=O)(=O)c1ccccc1. The van der Waals surface area contributed by atoms with Crippen molar-refractivity contribution in [1.82, 2.24) is 5.32 Å². The van der Waals surface area contributed by atoms with Gasteiger partial charge in [-0.1, -0.05) is 43.3 Å². The van der Waals surface area contributed by atoms with Crippen LogP contribution in [0.2, 0.25) is 0 Å². The van der Waals surface area contributed by atoms with Crippen LogP contribution in [0.4, 0.5) is 0 Å². The van der Waals surface area contributed by atoms with Gasteiger partial charge in [0.1, 0.15) is 10.6 Å². The Morgan fingerprint density at radius 3 is 2.41 bits per heavy atom. The van der Waals surface area contributed by atoms with Gasteiger partial charge in [-0.25, -0.2) is 0 Å². The molecule has 0 bridgehead atoms. The van der Waals surface area contributed by atoms with Crippen LogP contribution < -0.4 is 9.50 Å². The fourth-order valence-corrected chi connectivity index (χ4v) is 2.95. The van der Waals surface area contributed by atoms with Crippen LogP contribution in [-0.4, -0.2) is 26.6 Å². The molecule has 118 valence electrons. The minimum Gasteiger partial charge on any atom is -0.387 e. The van der Waals surface area contributed by atoms with Crippen molar-refractivity contribution in [1.29, 1.82) is 0 Å². The van der Waals surface area contributed by atoms with Gasteiger partial charge in [0.15, 0.2) is 0 Å². The summed E-state index contributed by atoms with van der Waals surface area (Å²) in [7, 11) is -3.92. The molecular formula is C16H19NO4S. The van der Waals surface area contributed by atoms with E-state index in [4.69, 9.17) is 4.18 Å². The molecule has 1 atom stereocenters. The molecule has 6 heteroatoms. The van der Waals surface area contributed by atoms with Crippen molar-refractivity contribution in [2.45, 2.75) is 17.9 Å². The van der Waals surface area contributed by atoms with Gasteiger partial charge >= 0.3 is 10.1 Å². The molecule has 22 heavy (non-hydrogen) atoms. The Morgan fingerprint density at radius 1 is 1.09 bits per heavy atom. The lowest BCUT2D eigenvalue weighted by atomic mass is 10.1. The quantitative estimate of drug-likeness (QED) is 0.764. The zero-order valence-electron chi connectivity index (χ0n) is 12.3. The van der Waals surface area contributed by atoms with Crippen LogP contribution in [-0.2, 0) is 10.1 Å². The highest BCUT2D eigenvalue weighted by Crippen LogP contribution is 2.27. The molecule has 0 fully saturated rings. The zero-order chi connectivity index (χ0) is 16.0. The van der Waals surface area contributed by atoms with Crippen LogP contribution >= 0.6 is 0 Å². The zero-order valence-corrected chi connectivity index (χ0v) is 13.1. The maximum atomic E-state index is 12.3. The predicted molar refractivity (Wildman–Crippen MR) is 84.2 cm³/mol. The van der Waals surface area contributed by atoms with E-state index in [0.717, 1.165) is 0 Å². The molecule has 0 spiro atoms. The Bertz CT molecular complexity index is 701. The summed E-state index contributed by atoms with van der Waals surface area (Å²) in [5.74, 6) is 0.136. The largest absolute Gasteiger partial charge is 0.387 e. The summed E-state index contributed by atoms with van der Waals surface area (Å²) < 4.78 is 29.7. The number of para-hydroxylation sites is 1. The van der Waals surface area contributed by atoms with Crippen LogP contribution in [0, 0.1) is 0 Å². The molecule has 2 N–H and O–H groups in total. The molecule has 0 radical (unpaired) electrons.